The molecule has 0 aromatic rings. The molecule has 2 aliphatic carbocycles. The summed E-state index contributed by atoms with van der Waals surface area (Å²) in [5, 5.41) is 19.0. The van der Waals surface area contributed by atoms with E-state index in [-0.39, 0.29) is 12.2 Å². The summed E-state index contributed by atoms with van der Waals surface area (Å²) in [4.78, 5) is 0. The van der Waals surface area contributed by atoms with E-state index in [0.29, 0.717) is 17.8 Å². The number of aliphatic hydroxyl groups excluding tert-OH is 2. The van der Waals surface area contributed by atoms with Crippen LogP contribution in [0.15, 0.2) is 0 Å². The average Bonchev–Trinajstić information content (AvgIpc) is 2.73. The summed E-state index contributed by atoms with van der Waals surface area (Å²) in [7, 11) is 0. The maximum atomic E-state index is 9.49. The van der Waals surface area contributed by atoms with Crippen LogP contribution in [0.2, 0.25) is 0 Å². The molecule has 82 valence electrons. The number of hydrogen-bond acceptors (Lipinski definition) is 2. The van der Waals surface area contributed by atoms with Crippen molar-refractivity contribution in [2.45, 2.75) is 57.7 Å². The van der Waals surface area contributed by atoms with Crippen LogP contribution in [0.4, 0.5) is 0 Å². The van der Waals surface area contributed by atoms with Crippen molar-refractivity contribution >= 4 is 0 Å². The first-order valence-electron chi connectivity index (χ1n) is 6.03. The highest BCUT2D eigenvalue weighted by Gasteiger charge is 2.35. The van der Waals surface area contributed by atoms with E-state index >= 15 is 0 Å². The van der Waals surface area contributed by atoms with Gasteiger partial charge < -0.3 is 10.2 Å². The minimum atomic E-state index is -0.0474. The Morgan fingerprint density at radius 1 is 0.857 bits per heavy atom. The molecule has 2 saturated carbocycles. The molecule has 2 aliphatic rings. The normalized spacial score (nSPS) is 45.6. The molecule has 14 heavy (non-hydrogen) atoms. The van der Waals surface area contributed by atoms with Crippen molar-refractivity contribution in [1.29, 1.82) is 0 Å². The van der Waals surface area contributed by atoms with Gasteiger partial charge in [-0.25, -0.2) is 0 Å². The van der Waals surface area contributed by atoms with Gasteiger partial charge in [0.1, 0.15) is 0 Å². The largest absolute Gasteiger partial charge is 0.393 e. The Kier molecular flexibility index (Phi) is 3.13. The van der Waals surface area contributed by atoms with Gasteiger partial charge in [-0.3, -0.25) is 0 Å². The molecule has 0 spiro atoms. The summed E-state index contributed by atoms with van der Waals surface area (Å²) in [6.45, 7) is 2.31. The van der Waals surface area contributed by atoms with E-state index in [1.165, 1.54) is 12.8 Å². The molecule has 0 aliphatic heterocycles. The molecule has 0 amide bonds. The second kappa shape index (κ2) is 4.19. The summed E-state index contributed by atoms with van der Waals surface area (Å²) in [6, 6.07) is 0. The maximum absolute atomic E-state index is 9.49. The van der Waals surface area contributed by atoms with E-state index < -0.39 is 0 Å². The van der Waals surface area contributed by atoms with Crippen LogP contribution in [0, 0.1) is 17.8 Å². The van der Waals surface area contributed by atoms with Gasteiger partial charge in [-0.15, -0.1) is 0 Å². The molecular formula is C12H22O2. The zero-order valence-electron chi connectivity index (χ0n) is 9.02. The average molecular weight is 198 g/mol. The molecule has 0 aromatic carbocycles. The Labute approximate surface area is 86.3 Å². The Balaban J connectivity index is 1.85. The summed E-state index contributed by atoms with van der Waals surface area (Å²) >= 11 is 0. The standard InChI is InChI=1S/C12H22O2/c1-8(9-2-4-11(13)6-9)10-3-5-12(14)7-10/h8-14H,2-7H2,1H3. The fraction of sp³-hybridized carbons (Fsp3) is 1.00. The Morgan fingerprint density at radius 3 is 1.57 bits per heavy atom. The Bertz CT molecular complexity index is 173. The maximum Gasteiger partial charge on any atom is 0.0543 e. The summed E-state index contributed by atoms with van der Waals surface area (Å²) in [6.07, 6.45) is 6.25. The minimum Gasteiger partial charge on any atom is -0.393 e. The molecule has 2 fully saturated rings. The molecule has 2 rings (SSSR count). The predicted molar refractivity (Wildman–Crippen MR) is 55.9 cm³/mol. The van der Waals surface area contributed by atoms with E-state index in [2.05, 4.69) is 6.92 Å². The van der Waals surface area contributed by atoms with Crippen LogP contribution in [0.25, 0.3) is 0 Å². The lowest BCUT2D eigenvalue weighted by Crippen LogP contribution is -2.18. The topological polar surface area (TPSA) is 40.5 Å². The number of hydrogen-bond donors (Lipinski definition) is 2. The Hall–Kier alpha value is -0.0800. The van der Waals surface area contributed by atoms with Crippen LogP contribution in [0.3, 0.4) is 0 Å². The SMILES string of the molecule is CC(C1CCC(O)C1)C1CCC(O)C1. The Morgan fingerprint density at radius 2 is 1.29 bits per heavy atom. The van der Waals surface area contributed by atoms with Gasteiger partial charge in [0, 0.05) is 0 Å². The number of aliphatic hydroxyl groups is 2. The summed E-state index contributed by atoms with van der Waals surface area (Å²) in [5.41, 5.74) is 0. The van der Waals surface area contributed by atoms with Gasteiger partial charge >= 0.3 is 0 Å². The van der Waals surface area contributed by atoms with E-state index in [0.717, 1.165) is 25.7 Å². The van der Waals surface area contributed by atoms with Crippen LogP contribution in [-0.2, 0) is 0 Å². The molecule has 2 N–H and O–H groups in total. The lowest BCUT2D eigenvalue weighted by atomic mass is 9.81. The second-order valence-corrected chi connectivity index (χ2v) is 5.31. The van der Waals surface area contributed by atoms with E-state index in [1.54, 1.807) is 0 Å². The first kappa shape index (κ1) is 10.4. The van der Waals surface area contributed by atoms with Gasteiger partial charge in [0.05, 0.1) is 12.2 Å². The lowest BCUT2D eigenvalue weighted by Gasteiger charge is -2.25. The van der Waals surface area contributed by atoms with Crippen LogP contribution >= 0.6 is 0 Å². The van der Waals surface area contributed by atoms with E-state index in [1.807, 2.05) is 0 Å². The first-order valence-corrected chi connectivity index (χ1v) is 6.03. The third kappa shape index (κ3) is 2.12. The van der Waals surface area contributed by atoms with Crippen LogP contribution in [-0.4, -0.2) is 22.4 Å². The zero-order chi connectivity index (χ0) is 10.1. The van der Waals surface area contributed by atoms with Crippen molar-refractivity contribution in [2.75, 3.05) is 0 Å². The molecule has 0 aromatic heterocycles. The van der Waals surface area contributed by atoms with Gasteiger partial charge in [0.15, 0.2) is 0 Å². The summed E-state index contributed by atoms with van der Waals surface area (Å²) < 4.78 is 0. The molecule has 2 nitrogen and oxygen atoms in total. The van der Waals surface area contributed by atoms with Gasteiger partial charge in [-0.2, -0.15) is 0 Å². The molecule has 0 bridgehead atoms. The molecule has 2 heteroatoms. The predicted octanol–water partition coefficient (Wildman–Crippen LogP) is 1.94. The van der Waals surface area contributed by atoms with E-state index in [4.69, 9.17) is 0 Å². The molecular weight excluding hydrogens is 176 g/mol. The van der Waals surface area contributed by atoms with Gasteiger partial charge in [-0.1, -0.05) is 6.92 Å². The number of rotatable bonds is 2. The molecule has 0 saturated heterocycles. The highest BCUT2D eigenvalue weighted by atomic mass is 16.3. The molecule has 0 radical (unpaired) electrons. The minimum absolute atomic E-state index is 0.0474. The van der Waals surface area contributed by atoms with Crippen molar-refractivity contribution in [3.05, 3.63) is 0 Å². The molecule has 0 heterocycles. The molecule has 4 unspecified atom stereocenters. The van der Waals surface area contributed by atoms with Crippen LogP contribution < -0.4 is 0 Å². The van der Waals surface area contributed by atoms with Gasteiger partial charge in [0.25, 0.3) is 0 Å². The van der Waals surface area contributed by atoms with Crippen molar-refractivity contribution in [1.82, 2.24) is 0 Å². The van der Waals surface area contributed by atoms with Crippen molar-refractivity contribution < 1.29 is 10.2 Å². The fourth-order valence-electron chi connectivity index (χ4n) is 3.32. The van der Waals surface area contributed by atoms with Crippen molar-refractivity contribution in [3.63, 3.8) is 0 Å². The molecule has 4 atom stereocenters. The van der Waals surface area contributed by atoms with E-state index in [9.17, 15) is 10.2 Å². The first-order chi connectivity index (χ1) is 6.66. The van der Waals surface area contributed by atoms with Crippen LogP contribution in [0.5, 0.6) is 0 Å². The highest BCUT2D eigenvalue weighted by molar-refractivity contribution is 4.86. The third-order valence-electron chi connectivity index (χ3n) is 4.38. The highest BCUT2D eigenvalue weighted by Crippen LogP contribution is 2.41. The monoisotopic (exact) mass is 198 g/mol. The lowest BCUT2D eigenvalue weighted by molar-refractivity contribution is 0.150. The van der Waals surface area contributed by atoms with Crippen LogP contribution in [0.1, 0.15) is 45.4 Å². The summed E-state index contributed by atoms with van der Waals surface area (Å²) in [5.74, 6) is 2.12. The quantitative estimate of drug-likeness (QED) is 0.712. The second-order valence-electron chi connectivity index (χ2n) is 5.31. The third-order valence-corrected chi connectivity index (χ3v) is 4.38. The van der Waals surface area contributed by atoms with Crippen molar-refractivity contribution in [2.24, 2.45) is 17.8 Å². The zero-order valence-corrected chi connectivity index (χ0v) is 9.02. The van der Waals surface area contributed by atoms with Crippen molar-refractivity contribution in [3.8, 4) is 0 Å². The smallest absolute Gasteiger partial charge is 0.0543 e. The van der Waals surface area contributed by atoms with Gasteiger partial charge in [0.2, 0.25) is 0 Å². The van der Waals surface area contributed by atoms with Gasteiger partial charge in [-0.05, 0) is 56.3 Å². The fourth-order valence-corrected chi connectivity index (χ4v) is 3.32.